The fourth-order valence-corrected chi connectivity index (χ4v) is 3.64. The molecule has 0 radical (unpaired) electrons. The van der Waals surface area contributed by atoms with Crippen molar-refractivity contribution < 1.29 is 23.9 Å². The zero-order valence-electron chi connectivity index (χ0n) is 18.8. The summed E-state index contributed by atoms with van der Waals surface area (Å²) in [5.74, 6) is -0.338. The van der Waals surface area contributed by atoms with Crippen molar-refractivity contribution in [2.45, 2.75) is 46.3 Å². The number of esters is 1. The molecule has 2 aromatic rings. The Bertz CT molecular complexity index is 1010. The Morgan fingerprint density at radius 1 is 1.06 bits per heavy atom. The van der Waals surface area contributed by atoms with Crippen LogP contribution in [0.15, 0.2) is 65.9 Å². The smallest absolute Gasteiger partial charge is 0.338 e. The number of nitrogens with zero attached hydrogens (tertiary/aromatic N) is 1. The van der Waals surface area contributed by atoms with E-state index in [1.807, 2.05) is 44.2 Å². The largest absolute Gasteiger partial charge is 0.491 e. The first-order valence-electron chi connectivity index (χ1n) is 10.6. The van der Waals surface area contributed by atoms with Crippen molar-refractivity contribution >= 4 is 17.9 Å². The van der Waals surface area contributed by atoms with E-state index in [-0.39, 0.29) is 24.7 Å². The van der Waals surface area contributed by atoms with Crippen LogP contribution in [0.5, 0.6) is 5.75 Å². The minimum absolute atomic E-state index is 0.00231. The minimum atomic E-state index is -0.910. The second-order valence-corrected chi connectivity index (χ2v) is 7.75. The lowest BCUT2D eigenvalue weighted by Crippen LogP contribution is -2.51. The van der Waals surface area contributed by atoms with Crippen LogP contribution in [0, 0.1) is 0 Å². The third-order valence-corrected chi connectivity index (χ3v) is 4.98. The average Bonchev–Trinajstić information content (AvgIpc) is 2.74. The van der Waals surface area contributed by atoms with Gasteiger partial charge >= 0.3 is 12.0 Å². The number of carbonyl (C=O) groups excluding carboxylic acids is 3. The maximum atomic E-state index is 13.3. The first-order chi connectivity index (χ1) is 15.3. The van der Waals surface area contributed by atoms with Crippen LogP contribution < -0.4 is 10.1 Å². The zero-order valence-corrected chi connectivity index (χ0v) is 18.8. The standard InChI is InChI=1S/C25H28N2O5/c1-5-31-24(29)22-17(4)26-25(30)27(21(28)15-18-9-7-6-8-10-18)23(22)19-11-13-20(14-12-19)32-16(2)3/h6-14,16,23H,5,15H2,1-4H3,(H,26,30)/t23-/m1/s1. The molecule has 0 saturated heterocycles. The van der Waals surface area contributed by atoms with E-state index in [0.717, 1.165) is 10.5 Å². The summed E-state index contributed by atoms with van der Waals surface area (Å²) in [6.45, 7) is 7.37. The lowest BCUT2D eigenvalue weighted by atomic mass is 9.93. The van der Waals surface area contributed by atoms with Gasteiger partial charge in [0.05, 0.1) is 24.7 Å². The molecule has 0 fully saturated rings. The first-order valence-corrected chi connectivity index (χ1v) is 10.6. The fraction of sp³-hybridized carbons (Fsp3) is 0.320. The number of rotatable bonds is 7. The normalized spacial score (nSPS) is 16.1. The molecule has 3 rings (SSSR count). The molecule has 0 bridgehead atoms. The molecule has 7 heteroatoms. The Balaban J connectivity index is 2.04. The molecule has 168 valence electrons. The second kappa shape index (κ2) is 10.1. The molecule has 2 aromatic carbocycles. The highest BCUT2D eigenvalue weighted by Gasteiger charge is 2.41. The molecule has 0 unspecified atom stereocenters. The highest BCUT2D eigenvalue weighted by atomic mass is 16.5. The van der Waals surface area contributed by atoms with Gasteiger partial charge in [-0.3, -0.25) is 9.69 Å². The van der Waals surface area contributed by atoms with Gasteiger partial charge in [0.25, 0.3) is 0 Å². The van der Waals surface area contributed by atoms with Crippen LogP contribution in [0.4, 0.5) is 4.79 Å². The van der Waals surface area contributed by atoms with E-state index in [4.69, 9.17) is 9.47 Å². The van der Waals surface area contributed by atoms with Gasteiger partial charge in [-0.2, -0.15) is 0 Å². The van der Waals surface area contributed by atoms with Crippen LogP contribution in [0.3, 0.4) is 0 Å². The van der Waals surface area contributed by atoms with Crippen molar-refractivity contribution in [2.24, 2.45) is 0 Å². The maximum Gasteiger partial charge on any atom is 0.338 e. The number of hydrogen-bond acceptors (Lipinski definition) is 5. The third kappa shape index (κ3) is 5.17. The minimum Gasteiger partial charge on any atom is -0.491 e. The molecule has 0 aliphatic carbocycles. The van der Waals surface area contributed by atoms with E-state index < -0.39 is 23.9 Å². The van der Waals surface area contributed by atoms with Gasteiger partial charge in [0.2, 0.25) is 5.91 Å². The summed E-state index contributed by atoms with van der Waals surface area (Å²) in [6, 6.07) is 14.7. The van der Waals surface area contributed by atoms with Gasteiger partial charge in [-0.15, -0.1) is 0 Å². The topological polar surface area (TPSA) is 84.9 Å². The quantitative estimate of drug-likeness (QED) is 0.659. The lowest BCUT2D eigenvalue weighted by molar-refractivity contribution is -0.140. The Kier molecular flexibility index (Phi) is 7.30. The van der Waals surface area contributed by atoms with Gasteiger partial charge in [-0.05, 0) is 51.0 Å². The van der Waals surface area contributed by atoms with E-state index in [1.54, 1.807) is 38.1 Å². The Morgan fingerprint density at radius 2 is 1.72 bits per heavy atom. The molecule has 32 heavy (non-hydrogen) atoms. The molecule has 7 nitrogen and oxygen atoms in total. The van der Waals surface area contributed by atoms with Crippen molar-refractivity contribution in [1.82, 2.24) is 10.2 Å². The van der Waals surface area contributed by atoms with Crippen LogP contribution in [-0.2, 0) is 20.7 Å². The summed E-state index contributed by atoms with van der Waals surface area (Å²) in [5, 5.41) is 2.64. The summed E-state index contributed by atoms with van der Waals surface area (Å²) in [4.78, 5) is 40.2. The summed E-state index contributed by atoms with van der Waals surface area (Å²) in [7, 11) is 0. The van der Waals surface area contributed by atoms with Crippen LogP contribution >= 0.6 is 0 Å². The summed E-state index contributed by atoms with van der Waals surface area (Å²) >= 11 is 0. The Labute approximate surface area is 188 Å². The number of allylic oxidation sites excluding steroid dienone is 1. The fourth-order valence-electron chi connectivity index (χ4n) is 3.64. The van der Waals surface area contributed by atoms with Gasteiger partial charge in [0.1, 0.15) is 11.8 Å². The number of hydrogen-bond donors (Lipinski definition) is 1. The predicted molar refractivity (Wildman–Crippen MR) is 120 cm³/mol. The molecular weight excluding hydrogens is 408 g/mol. The number of nitrogens with one attached hydrogen (secondary N) is 1. The van der Waals surface area contributed by atoms with E-state index in [1.165, 1.54) is 0 Å². The lowest BCUT2D eigenvalue weighted by Gasteiger charge is -2.36. The van der Waals surface area contributed by atoms with Crippen LogP contribution in [-0.4, -0.2) is 35.5 Å². The van der Waals surface area contributed by atoms with Crippen molar-refractivity contribution in [2.75, 3.05) is 6.61 Å². The molecule has 1 heterocycles. The maximum absolute atomic E-state index is 13.3. The van der Waals surface area contributed by atoms with E-state index in [9.17, 15) is 14.4 Å². The molecule has 3 amide bonds. The highest BCUT2D eigenvalue weighted by Crippen LogP contribution is 2.35. The molecular formula is C25H28N2O5. The van der Waals surface area contributed by atoms with Crippen molar-refractivity contribution in [3.8, 4) is 5.75 Å². The second-order valence-electron chi connectivity index (χ2n) is 7.75. The molecule has 1 aliphatic rings. The number of imide groups is 1. The average molecular weight is 437 g/mol. The summed E-state index contributed by atoms with van der Waals surface area (Å²) in [5.41, 5.74) is 1.98. The molecule has 1 N–H and O–H groups in total. The van der Waals surface area contributed by atoms with E-state index >= 15 is 0 Å². The summed E-state index contributed by atoms with van der Waals surface area (Å²) in [6.07, 6.45) is 0.0246. The predicted octanol–water partition coefficient (Wildman–Crippen LogP) is 4.15. The first kappa shape index (κ1) is 23.1. The van der Waals surface area contributed by atoms with Crippen molar-refractivity contribution in [3.05, 3.63) is 77.0 Å². The van der Waals surface area contributed by atoms with Gasteiger partial charge in [-0.1, -0.05) is 42.5 Å². The van der Waals surface area contributed by atoms with Crippen LogP contribution in [0.1, 0.15) is 44.9 Å². The monoisotopic (exact) mass is 436 g/mol. The van der Waals surface area contributed by atoms with E-state index in [0.29, 0.717) is 17.0 Å². The highest BCUT2D eigenvalue weighted by molar-refractivity contribution is 6.02. The van der Waals surface area contributed by atoms with Crippen LogP contribution in [0.25, 0.3) is 0 Å². The Morgan fingerprint density at radius 3 is 2.31 bits per heavy atom. The number of carbonyl (C=O) groups is 3. The molecule has 0 saturated carbocycles. The number of ether oxygens (including phenoxy) is 2. The number of urea groups is 1. The number of benzene rings is 2. The zero-order chi connectivity index (χ0) is 23.3. The number of amides is 3. The van der Waals surface area contributed by atoms with Gasteiger partial charge < -0.3 is 14.8 Å². The molecule has 0 aromatic heterocycles. The Hall–Kier alpha value is -3.61. The summed E-state index contributed by atoms with van der Waals surface area (Å²) < 4.78 is 11.0. The van der Waals surface area contributed by atoms with Gasteiger partial charge in [0, 0.05) is 5.70 Å². The van der Waals surface area contributed by atoms with Crippen molar-refractivity contribution in [1.29, 1.82) is 0 Å². The van der Waals surface area contributed by atoms with Crippen LogP contribution in [0.2, 0.25) is 0 Å². The molecule has 1 atom stereocenters. The van der Waals surface area contributed by atoms with Gasteiger partial charge in [-0.25, -0.2) is 9.59 Å². The third-order valence-electron chi connectivity index (χ3n) is 4.98. The van der Waals surface area contributed by atoms with E-state index in [2.05, 4.69) is 5.32 Å². The molecule has 0 spiro atoms. The van der Waals surface area contributed by atoms with Gasteiger partial charge in [0.15, 0.2) is 0 Å². The molecule has 1 aliphatic heterocycles. The SMILES string of the molecule is CCOC(=O)C1=C(C)NC(=O)N(C(=O)Cc2ccccc2)[C@@H]1c1ccc(OC(C)C)cc1. The van der Waals surface area contributed by atoms with Crippen molar-refractivity contribution in [3.63, 3.8) is 0 Å².